The van der Waals surface area contributed by atoms with E-state index in [0.29, 0.717) is 0 Å². The first kappa shape index (κ1) is 18.3. The fourth-order valence-electron chi connectivity index (χ4n) is 2.94. The molecule has 4 rings (SSSR count). The number of benzene rings is 2. The highest BCUT2D eigenvalue weighted by molar-refractivity contribution is 6.10. The molecule has 1 heterocycles. The van der Waals surface area contributed by atoms with Gasteiger partial charge in [0.05, 0.1) is 11.1 Å². The lowest BCUT2D eigenvalue weighted by molar-refractivity contribution is 0.410. The molecule has 0 aliphatic heterocycles. The molecule has 1 aromatic heterocycles. The normalized spacial score (nSPS) is 13.2. The predicted octanol–water partition coefficient (Wildman–Crippen LogP) is 6.09. The second kappa shape index (κ2) is 5.69. The van der Waals surface area contributed by atoms with E-state index in [1.807, 2.05) is 0 Å². The van der Waals surface area contributed by atoms with Gasteiger partial charge in [-0.1, -0.05) is 0 Å². The Hall–Kier alpha value is -3.11. The third-order valence-electron chi connectivity index (χ3n) is 4.19. The molecule has 0 unspecified atom stereocenters. The van der Waals surface area contributed by atoms with Gasteiger partial charge in [-0.05, 0) is 6.07 Å². The summed E-state index contributed by atoms with van der Waals surface area (Å²) in [5.41, 5.74) is -7.12. The fraction of sp³-hybridized carbons (Fsp3) is 0. The average molecular weight is 409 g/mol. The van der Waals surface area contributed by atoms with Crippen LogP contribution in [0.1, 0.15) is 11.1 Å². The Bertz CT molecular complexity index is 1260. The molecule has 1 nitrogen and oxygen atoms in total. The summed E-state index contributed by atoms with van der Waals surface area (Å²) >= 11 is 0. The molecule has 1 aliphatic carbocycles. The van der Waals surface area contributed by atoms with E-state index in [9.17, 15) is 43.9 Å². The van der Waals surface area contributed by atoms with Crippen molar-refractivity contribution >= 4 is 22.6 Å². The van der Waals surface area contributed by atoms with E-state index in [2.05, 4.69) is 4.98 Å². The van der Waals surface area contributed by atoms with E-state index < -0.39 is 91.5 Å². The average Bonchev–Trinajstić information content (AvgIpc) is 2.93. The molecule has 0 N–H and O–H groups in total. The highest BCUT2D eigenvalue weighted by Crippen LogP contribution is 2.48. The maximum absolute atomic E-state index is 14.7. The van der Waals surface area contributed by atoms with Crippen LogP contribution in [0.25, 0.3) is 33.8 Å². The van der Waals surface area contributed by atoms with Gasteiger partial charge in [0.25, 0.3) is 0 Å². The predicted molar refractivity (Wildman–Crippen MR) is 75.9 cm³/mol. The number of aromatic nitrogens is 1. The van der Waals surface area contributed by atoms with Crippen LogP contribution in [0.2, 0.25) is 0 Å². The summed E-state index contributed by atoms with van der Waals surface area (Å²) in [5, 5.41) is -1.13. The Kier molecular flexibility index (Phi) is 3.71. The Labute approximate surface area is 147 Å². The molecular weight excluding hydrogens is 408 g/mol. The summed E-state index contributed by atoms with van der Waals surface area (Å²) in [6.45, 7) is 0. The van der Waals surface area contributed by atoms with Crippen molar-refractivity contribution in [2.75, 3.05) is 0 Å². The van der Waals surface area contributed by atoms with Crippen LogP contribution in [0, 0.1) is 46.5 Å². The molecule has 0 bridgehead atoms. The summed E-state index contributed by atoms with van der Waals surface area (Å²) in [5.74, 6) is -21.5. The van der Waals surface area contributed by atoms with E-state index in [4.69, 9.17) is 0 Å². The zero-order valence-electron chi connectivity index (χ0n) is 12.8. The number of hydrogen-bond donors (Lipinski definition) is 0. The molecule has 3 aromatic rings. The van der Waals surface area contributed by atoms with Crippen molar-refractivity contribution in [3.8, 4) is 11.3 Å². The summed E-state index contributed by atoms with van der Waals surface area (Å²) in [6, 6.07) is -0.0661. The molecule has 0 saturated heterocycles. The standard InChI is InChI=1S/C17HF10N/c18-3-1-2(7(19)13(25)8(3)20)16-12(24)6-4-5(9(21)10(6)22)11(23)14(26)15(27)17(4)28-16/h1H. The minimum Gasteiger partial charge on any atom is -0.241 e. The third kappa shape index (κ3) is 2.06. The lowest BCUT2D eigenvalue weighted by atomic mass is 10.0. The van der Waals surface area contributed by atoms with Crippen molar-refractivity contribution in [2.45, 2.75) is 0 Å². The quantitative estimate of drug-likeness (QED) is 0.269. The van der Waals surface area contributed by atoms with Gasteiger partial charge >= 0.3 is 0 Å². The third-order valence-corrected chi connectivity index (χ3v) is 4.19. The van der Waals surface area contributed by atoms with Crippen molar-refractivity contribution in [3.05, 3.63) is 63.7 Å². The molecule has 0 saturated carbocycles. The van der Waals surface area contributed by atoms with Gasteiger partial charge < -0.3 is 0 Å². The fourth-order valence-corrected chi connectivity index (χ4v) is 2.94. The summed E-state index contributed by atoms with van der Waals surface area (Å²) < 4.78 is 138. The van der Waals surface area contributed by atoms with Gasteiger partial charge in [-0.15, -0.1) is 0 Å². The van der Waals surface area contributed by atoms with E-state index in [1.54, 1.807) is 0 Å². The molecule has 0 spiro atoms. The molecular formula is C17HF10N. The maximum atomic E-state index is 14.7. The molecule has 2 aromatic carbocycles. The zero-order valence-corrected chi connectivity index (χ0v) is 12.8. The number of pyridine rings is 1. The number of rotatable bonds is 1. The van der Waals surface area contributed by atoms with E-state index in [0.717, 1.165) is 0 Å². The van der Waals surface area contributed by atoms with E-state index >= 15 is 0 Å². The lowest BCUT2D eigenvalue weighted by Crippen LogP contribution is -2.05. The number of hydrogen-bond acceptors (Lipinski definition) is 1. The molecule has 11 heteroatoms. The van der Waals surface area contributed by atoms with Crippen LogP contribution in [0.4, 0.5) is 43.9 Å². The maximum Gasteiger partial charge on any atom is 0.198 e. The Morgan fingerprint density at radius 3 is 1.68 bits per heavy atom. The second-order valence-electron chi connectivity index (χ2n) is 5.67. The molecule has 0 amide bonds. The van der Waals surface area contributed by atoms with Crippen molar-refractivity contribution in [3.63, 3.8) is 0 Å². The molecule has 0 radical (unpaired) electrons. The number of halogens is 10. The SMILES string of the molecule is FC1=C(F)c2c(F)c(F)c(F)c3nc(-c4cc(F)c(F)c(F)c4F)c(F)c1c23. The van der Waals surface area contributed by atoms with Crippen LogP contribution >= 0.6 is 0 Å². The van der Waals surface area contributed by atoms with Crippen LogP contribution in [-0.4, -0.2) is 4.98 Å². The van der Waals surface area contributed by atoms with Gasteiger partial charge in [0.15, 0.2) is 58.2 Å². The monoisotopic (exact) mass is 409 g/mol. The Morgan fingerprint density at radius 1 is 0.536 bits per heavy atom. The van der Waals surface area contributed by atoms with E-state index in [-0.39, 0.29) is 6.07 Å². The van der Waals surface area contributed by atoms with Crippen molar-refractivity contribution < 1.29 is 43.9 Å². The van der Waals surface area contributed by atoms with Crippen molar-refractivity contribution in [1.82, 2.24) is 4.98 Å². The minimum absolute atomic E-state index is 0.0661. The van der Waals surface area contributed by atoms with Gasteiger partial charge in [-0.2, -0.15) is 0 Å². The molecule has 28 heavy (non-hydrogen) atoms. The first-order valence-electron chi connectivity index (χ1n) is 7.16. The zero-order chi connectivity index (χ0) is 20.7. The highest BCUT2D eigenvalue weighted by Gasteiger charge is 2.38. The molecule has 1 aliphatic rings. The van der Waals surface area contributed by atoms with E-state index in [1.165, 1.54) is 0 Å². The van der Waals surface area contributed by atoms with Gasteiger partial charge in [-0.3, -0.25) is 0 Å². The van der Waals surface area contributed by atoms with Crippen molar-refractivity contribution in [1.29, 1.82) is 0 Å². The largest absolute Gasteiger partial charge is 0.241 e. The molecule has 144 valence electrons. The van der Waals surface area contributed by atoms with Gasteiger partial charge in [0.2, 0.25) is 0 Å². The summed E-state index contributed by atoms with van der Waals surface area (Å²) in [6.07, 6.45) is 0. The molecule has 0 atom stereocenters. The number of nitrogens with zero attached hydrogens (tertiary/aromatic N) is 1. The highest BCUT2D eigenvalue weighted by atomic mass is 19.2. The van der Waals surface area contributed by atoms with Crippen LogP contribution in [-0.2, 0) is 0 Å². The van der Waals surface area contributed by atoms with Gasteiger partial charge in [-0.25, -0.2) is 48.9 Å². The van der Waals surface area contributed by atoms with Crippen LogP contribution in [0.3, 0.4) is 0 Å². The smallest absolute Gasteiger partial charge is 0.198 e. The van der Waals surface area contributed by atoms with Crippen LogP contribution in [0.5, 0.6) is 0 Å². The lowest BCUT2D eigenvalue weighted by Gasteiger charge is -2.12. The molecule has 0 fully saturated rings. The second-order valence-corrected chi connectivity index (χ2v) is 5.67. The van der Waals surface area contributed by atoms with Gasteiger partial charge in [0, 0.05) is 10.9 Å². The summed E-state index contributed by atoms with van der Waals surface area (Å²) in [4.78, 5) is 3.14. The Morgan fingerprint density at radius 2 is 1.07 bits per heavy atom. The summed E-state index contributed by atoms with van der Waals surface area (Å²) in [7, 11) is 0. The van der Waals surface area contributed by atoms with Gasteiger partial charge in [0.1, 0.15) is 11.2 Å². The minimum atomic E-state index is -2.39. The van der Waals surface area contributed by atoms with Crippen LogP contribution in [0.15, 0.2) is 6.07 Å². The first-order valence-corrected chi connectivity index (χ1v) is 7.16. The Balaban J connectivity index is 2.22. The van der Waals surface area contributed by atoms with Crippen molar-refractivity contribution in [2.24, 2.45) is 0 Å². The van der Waals surface area contributed by atoms with Crippen LogP contribution < -0.4 is 0 Å². The topological polar surface area (TPSA) is 12.9 Å². The first-order chi connectivity index (χ1) is 13.1.